The Balaban J connectivity index is 1.88. The lowest BCUT2D eigenvalue weighted by Gasteiger charge is -2.17. The van der Waals surface area contributed by atoms with E-state index in [4.69, 9.17) is 0 Å². The number of fused-ring (bicyclic) bond motifs is 1. The van der Waals surface area contributed by atoms with Crippen molar-refractivity contribution in [3.63, 3.8) is 0 Å². The highest BCUT2D eigenvalue weighted by atomic mass is 16.4. The van der Waals surface area contributed by atoms with Crippen LogP contribution < -0.4 is 21.5 Å². The minimum absolute atomic E-state index is 0.107. The zero-order chi connectivity index (χ0) is 18.8. The van der Waals surface area contributed by atoms with Gasteiger partial charge in [-0.3, -0.25) is 4.79 Å². The fourth-order valence-electron chi connectivity index (χ4n) is 2.99. The van der Waals surface area contributed by atoms with Gasteiger partial charge in [-0.15, -0.1) is 0 Å². The molecule has 2 aromatic rings. The summed E-state index contributed by atoms with van der Waals surface area (Å²) in [5.41, 5.74) is 4.50. The molecule has 0 spiro atoms. The molecular formula is C20H28N3O3+. The number of benzene rings is 2. The van der Waals surface area contributed by atoms with Crippen LogP contribution in [0, 0.1) is 0 Å². The molecule has 0 fully saturated rings. The second-order valence-corrected chi connectivity index (χ2v) is 6.50. The van der Waals surface area contributed by atoms with Crippen molar-refractivity contribution in [1.82, 2.24) is 0 Å². The molecule has 0 heterocycles. The summed E-state index contributed by atoms with van der Waals surface area (Å²) in [5.74, 6) is -1.51. The van der Waals surface area contributed by atoms with Crippen molar-refractivity contribution in [2.75, 3.05) is 18.4 Å². The Bertz CT molecular complexity index is 728. The van der Waals surface area contributed by atoms with Crippen molar-refractivity contribution >= 4 is 28.3 Å². The van der Waals surface area contributed by atoms with Crippen molar-refractivity contribution in [1.29, 1.82) is 0 Å². The number of carboxylic acids is 1. The lowest BCUT2D eigenvalue weighted by Crippen LogP contribution is -2.93. The van der Waals surface area contributed by atoms with E-state index in [0.29, 0.717) is 12.2 Å². The Morgan fingerprint density at radius 1 is 1.04 bits per heavy atom. The Labute approximate surface area is 153 Å². The molecule has 0 radical (unpaired) electrons. The molecule has 0 saturated heterocycles. The highest BCUT2D eigenvalue weighted by Gasteiger charge is 2.18. The van der Waals surface area contributed by atoms with Crippen molar-refractivity contribution in [3.8, 4) is 0 Å². The van der Waals surface area contributed by atoms with Crippen molar-refractivity contribution in [2.45, 2.75) is 38.1 Å². The number of rotatable bonds is 11. The Kier molecular flexibility index (Phi) is 8.05. The number of amides is 1. The van der Waals surface area contributed by atoms with Crippen LogP contribution >= 0.6 is 0 Å². The van der Waals surface area contributed by atoms with Crippen LogP contribution in [0.2, 0.25) is 0 Å². The molecule has 1 atom stereocenters. The van der Waals surface area contributed by atoms with E-state index in [9.17, 15) is 14.7 Å². The first-order valence-corrected chi connectivity index (χ1v) is 9.23. The fraction of sp³-hybridized carbons (Fsp3) is 0.400. The van der Waals surface area contributed by atoms with Gasteiger partial charge in [0.15, 0.2) is 0 Å². The first kappa shape index (κ1) is 19.9. The predicted molar refractivity (Wildman–Crippen MR) is 99.0 cm³/mol. The van der Waals surface area contributed by atoms with Crippen LogP contribution in [-0.4, -0.2) is 31.0 Å². The van der Waals surface area contributed by atoms with Crippen LogP contribution in [-0.2, 0) is 9.59 Å². The van der Waals surface area contributed by atoms with Gasteiger partial charge in [-0.1, -0.05) is 36.4 Å². The molecule has 0 aliphatic rings. The van der Waals surface area contributed by atoms with Gasteiger partial charge in [0.05, 0.1) is 25.5 Å². The van der Waals surface area contributed by atoms with Crippen LogP contribution in [0.3, 0.4) is 0 Å². The molecule has 0 aliphatic carbocycles. The summed E-state index contributed by atoms with van der Waals surface area (Å²) in [6.45, 7) is 1.61. The van der Waals surface area contributed by atoms with Crippen LogP contribution in [0.1, 0.15) is 32.1 Å². The van der Waals surface area contributed by atoms with E-state index in [1.165, 1.54) is 0 Å². The molecule has 6 nitrogen and oxygen atoms in total. The van der Waals surface area contributed by atoms with Gasteiger partial charge in [0.1, 0.15) is 6.04 Å². The number of quaternary nitrogens is 2. The minimum atomic E-state index is -1.20. The number of hydrogen-bond donors (Lipinski definition) is 3. The average molecular weight is 358 g/mol. The predicted octanol–water partition coefficient (Wildman–Crippen LogP) is -0.347. The summed E-state index contributed by atoms with van der Waals surface area (Å²) in [4.78, 5) is 23.7. The number of carbonyl (C=O) groups is 2. The first-order chi connectivity index (χ1) is 12.6. The topological polar surface area (TPSA) is 113 Å². The largest absolute Gasteiger partial charge is 0.544 e. The second-order valence-electron chi connectivity index (χ2n) is 6.50. The zero-order valence-corrected chi connectivity index (χ0v) is 15.1. The van der Waals surface area contributed by atoms with Gasteiger partial charge in [-0.25, -0.2) is 0 Å². The monoisotopic (exact) mass is 358 g/mol. The van der Waals surface area contributed by atoms with Gasteiger partial charge < -0.3 is 26.3 Å². The molecule has 6 N–H and O–H groups in total. The molecular weight excluding hydrogens is 330 g/mol. The Morgan fingerprint density at radius 2 is 1.77 bits per heavy atom. The summed E-state index contributed by atoms with van der Waals surface area (Å²) >= 11 is 0. The van der Waals surface area contributed by atoms with E-state index in [-0.39, 0.29) is 12.3 Å². The van der Waals surface area contributed by atoms with Gasteiger partial charge >= 0.3 is 0 Å². The molecule has 6 heteroatoms. The lowest BCUT2D eigenvalue weighted by molar-refractivity contribution is -0.682. The first-order valence-electron chi connectivity index (χ1n) is 9.23. The Morgan fingerprint density at radius 3 is 2.54 bits per heavy atom. The standard InChI is InChI=1S/C20H27N3O3/c21-12-5-1-2-6-13-22-18(20(25)26)14-19(24)23-17-11-7-9-15-8-3-4-10-16(15)17/h3-4,7-11,18,22H,1-2,5-6,12-14,21H2,(H,23,24)(H,25,26)/p+1/t18-/m0/s1. The number of aliphatic carboxylic acids is 1. The van der Waals surface area contributed by atoms with Gasteiger partial charge in [0.25, 0.3) is 0 Å². The van der Waals surface area contributed by atoms with E-state index in [1.807, 2.05) is 42.5 Å². The summed E-state index contributed by atoms with van der Waals surface area (Å²) in [6, 6.07) is 12.5. The third-order valence-corrected chi connectivity index (χ3v) is 4.43. The van der Waals surface area contributed by atoms with Crippen molar-refractivity contribution < 1.29 is 25.7 Å². The maximum atomic E-state index is 12.3. The second kappa shape index (κ2) is 10.5. The van der Waals surface area contributed by atoms with Crippen LogP contribution in [0.4, 0.5) is 5.69 Å². The van der Waals surface area contributed by atoms with E-state index < -0.39 is 12.0 Å². The summed E-state index contributed by atoms with van der Waals surface area (Å²) in [7, 11) is 0. The third-order valence-electron chi connectivity index (χ3n) is 4.43. The number of unbranched alkanes of at least 4 members (excludes halogenated alkanes) is 3. The summed E-state index contributed by atoms with van der Waals surface area (Å²) in [5, 5.41) is 17.8. The molecule has 2 aromatic carbocycles. The average Bonchev–Trinajstić information content (AvgIpc) is 2.63. The normalized spacial score (nSPS) is 12.0. The highest BCUT2D eigenvalue weighted by molar-refractivity contribution is 6.02. The molecule has 26 heavy (non-hydrogen) atoms. The molecule has 0 bridgehead atoms. The highest BCUT2D eigenvalue weighted by Crippen LogP contribution is 2.23. The van der Waals surface area contributed by atoms with Crippen molar-refractivity contribution in [3.05, 3.63) is 42.5 Å². The maximum Gasteiger partial charge on any atom is 0.230 e. The molecule has 0 aliphatic heterocycles. The number of hydrogen-bond acceptors (Lipinski definition) is 3. The molecule has 0 saturated carbocycles. The van der Waals surface area contributed by atoms with Crippen molar-refractivity contribution in [2.24, 2.45) is 0 Å². The third kappa shape index (κ3) is 6.13. The van der Waals surface area contributed by atoms with Crippen LogP contribution in [0.5, 0.6) is 0 Å². The number of anilines is 1. The fourth-order valence-corrected chi connectivity index (χ4v) is 2.99. The number of carbonyl (C=O) groups excluding carboxylic acids is 2. The van der Waals surface area contributed by atoms with Gasteiger partial charge in [0, 0.05) is 11.1 Å². The molecule has 0 unspecified atom stereocenters. The Hall–Kier alpha value is -2.44. The van der Waals surface area contributed by atoms with Gasteiger partial charge in [0.2, 0.25) is 5.91 Å². The quantitative estimate of drug-likeness (QED) is 0.477. The molecule has 140 valence electrons. The number of carboxylic acid groups (broad SMARTS) is 1. The molecule has 1 amide bonds. The SMILES string of the molecule is [NH3+]CCCCCC[NH2+][C@@H](CC(=O)Nc1cccc2ccccc12)C(=O)[O-]. The summed E-state index contributed by atoms with van der Waals surface area (Å²) in [6.07, 6.45) is 4.07. The van der Waals surface area contributed by atoms with E-state index in [2.05, 4.69) is 11.1 Å². The van der Waals surface area contributed by atoms with E-state index in [0.717, 1.165) is 43.0 Å². The zero-order valence-electron chi connectivity index (χ0n) is 15.1. The smallest absolute Gasteiger partial charge is 0.230 e. The lowest BCUT2D eigenvalue weighted by atomic mass is 10.1. The molecule has 2 rings (SSSR count). The van der Waals surface area contributed by atoms with Crippen LogP contribution in [0.25, 0.3) is 10.8 Å². The van der Waals surface area contributed by atoms with E-state index in [1.54, 1.807) is 5.32 Å². The molecule has 0 aromatic heterocycles. The van der Waals surface area contributed by atoms with Gasteiger partial charge in [-0.2, -0.15) is 0 Å². The van der Waals surface area contributed by atoms with Gasteiger partial charge in [-0.05, 0) is 37.1 Å². The number of nitrogens with one attached hydrogen (secondary N) is 1. The minimum Gasteiger partial charge on any atom is -0.544 e. The van der Waals surface area contributed by atoms with E-state index >= 15 is 0 Å². The number of nitrogens with two attached hydrogens (primary N) is 1. The maximum absolute atomic E-state index is 12.3. The van der Waals surface area contributed by atoms with Crippen LogP contribution in [0.15, 0.2) is 42.5 Å². The summed E-state index contributed by atoms with van der Waals surface area (Å²) < 4.78 is 0.